The maximum Gasteiger partial charge on any atom is 0.339 e. The van der Waals surface area contributed by atoms with E-state index in [-0.39, 0.29) is 40.9 Å². The fourth-order valence-corrected chi connectivity index (χ4v) is 9.63. The lowest BCUT2D eigenvalue weighted by atomic mass is 9.44. The van der Waals surface area contributed by atoms with Gasteiger partial charge in [-0.2, -0.15) is 0 Å². The molecule has 322 valence electrons. The molecule has 6 rings (SSSR count). The van der Waals surface area contributed by atoms with Crippen molar-refractivity contribution in [2.45, 2.75) is 122 Å². The second kappa shape index (κ2) is 16.3. The van der Waals surface area contributed by atoms with E-state index in [4.69, 9.17) is 28.4 Å². The van der Waals surface area contributed by atoms with E-state index in [1.165, 1.54) is 39.0 Å². The van der Waals surface area contributed by atoms with Crippen LogP contribution in [0.4, 0.5) is 0 Å². The normalized spacial score (nSPS) is 32.9. The first-order valence-corrected chi connectivity index (χ1v) is 19.8. The van der Waals surface area contributed by atoms with E-state index in [9.17, 15) is 39.3 Å². The molecule has 0 radical (unpaired) electrons. The molecule has 2 bridgehead atoms. The summed E-state index contributed by atoms with van der Waals surface area (Å²) in [5.74, 6) is -7.14. The van der Waals surface area contributed by atoms with E-state index < -0.39 is 113 Å². The highest BCUT2D eigenvalue weighted by atomic mass is 16.6. The van der Waals surface area contributed by atoms with Crippen molar-refractivity contribution in [3.05, 3.63) is 94.6 Å². The molecule has 0 amide bonds. The van der Waals surface area contributed by atoms with E-state index in [0.717, 1.165) is 13.8 Å². The highest BCUT2D eigenvalue weighted by molar-refractivity contribution is 5.95. The largest absolute Gasteiger partial charge is 0.456 e. The number of allylic oxidation sites excluding steroid dienone is 1. The Bertz CT molecular complexity index is 2110. The Hall–Kier alpha value is -5.22. The summed E-state index contributed by atoms with van der Waals surface area (Å²) < 4.78 is 35.7. The van der Waals surface area contributed by atoms with Gasteiger partial charge in [-0.15, -0.1) is 0 Å². The molecule has 1 saturated heterocycles. The number of aliphatic hydroxyl groups is 3. The lowest BCUT2D eigenvalue weighted by Crippen LogP contribution is -2.82. The molecule has 15 heteroatoms. The number of ketones is 1. The smallest absolute Gasteiger partial charge is 0.339 e. The van der Waals surface area contributed by atoms with Crippen LogP contribution in [0.1, 0.15) is 90.3 Å². The van der Waals surface area contributed by atoms with Gasteiger partial charge in [0.25, 0.3) is 0 Å². The van der Waals surface area contributed by atoms with Crippen molar-refractivity contribution >= 4 is 35.6 Å². The third-order valence-corrected chi connectivity index (χ3v) is 13.1. The first-order valence-electron chi connectivity index (χ1n) is 19.8. The third kappa shape index (κ3) is 7.24. The SMILES string of the molecule is C/C=C(\C)C(=O)O[C@@H](c1ccccc1)[C@@H](O)C(=O)O[C@@H]1C[C@@]2(O)[C@H](OC(=O)c3ccccc3)[C@H]3[C@@]4(OC(C)=O)CO[C@@H]4C[C@H](O)[C@@]3(C)C(=O)[C@H](OC(C)=O)C(=C1C)C2(C)C. The number of carbonyl (C=O) groups excluding carboxylic acids is 6. The topological polar surface area (TPSA) is 218 Å². The molecule has 3 aliphatic carbocycles. The van der Waals surface area contributed by atoms with Crippen molar-refractivity contribution < 1.29 is 72.5 Å². The minimum absolute atomic E-state index is 0.0142. The molecule has 11 atom stereocenters. The molecular formula is C45H52O15. The van der Waals surface area contributed by atoms with E-state index in [0.29, 0.717) is 0 Å². The number of esters is 5. The van der Waals surface area contributed by atoms with E-state index in [1.807, 2.05) is 0 Å². The van der Waals surface area contributed by atoms with Gasteiger partial charge in [0.15, 0.2) is 29.7 Å². The highest BCUT2D eigenvalue weighted by Gasteiger charge is 2.78. The van der Waals surface area contributed by atoms with Gasteiger partial charge in [-0.1, -0.05) is 68.5 Å². The van der Waals surface area contributed by atoms with Gasteiger partial charge in [-0.3, -0.25) is 14.4 Å². The summed E-state index contributed by atoms with van der Waals surface area (Å²) in [4.78, 5) is 82.7. The summed E-state index contributed by atoms with van der Waals surface area (Å²) in [5, 5.41) is 37.2. The monoisotopic (exact) mass is 832 g/mol. The Morgan fingerprint density at radius 3 is 2.07 bits per heavy atom. The van der Waals surface area contributed by atoms with Gasteiger partial charge in [0.1, 0.15) is 23.9 Å². The van der Waals surface area contributed by atoms with Crippen molar-refractivity contribution in [1.29, 1.82) is 0 Å². The highest BCUT2D eigenvalue weighted by Crippen LogP contribution is 2.64. The lowest BCUT2D eigenvalue weighted by molar-refractivity contribution is -0.346. The van der Waals surface area contributed by atoms with Crippen molar-refractivity contribution in [1.82, 2.24) is 0 Å². The molecule has 2 aromatic carbocycles. The molecule has 3 fully saturated rings. The molecule has 0 aromatic heterocycles. The van der Waals surface area contributed by atoms with Crippen molar-refractivity contribution in [3.8, 4) is 0 Å². The zero-order valence-corrected chi connectivity index (χ0v) is 34.8. The van der Waals surface area contributed by atoms with Crippen molar-refractivity contribution in [2.24, 2.45) is 16.7 Å². The van der Waals surface area contributed by atoms with Gasteiger partial charge < -0.3 is 43.7 Å². The van der Waals surface area contributed by atoms with Gasteiger partial charge in [-0.25, -0.2) is 14.4 Å². The molecular weight excluding hydrogens is 780 g/mol. The lowest BCUT2D eigenvalue weighted by Gasteiger charge is -2.67. The predicted molar refractivity (Wildman–Crippen MR) is 209 cm³/mol. The summed E-state index contributed by atoms with van der Waals surface area (Å²) >= 11 is 0. The predicted octanol–water partition coefficient (Wildman–Crippen LogP) is 3.82. The molecule has 4 aliphatic rings. The molecule has 2 aromatic rings. The summed E-state index contributed by atoms with van der Waals surface area (Å²) in [6.07, 6.45) is -10.7. The fourth-order valence-electron chi connectivity index (χ4n) is 9.63. The number of hydrogen-bond donors (Lipinski definition) is 3. The van der Waals surface area contributed by atoms with Crippen LogP contribution in [0.5, 0.6) is 0 Å². The van der Waals surface area contributed by atoms with Crippen LogP contribution in [0, 0.1) is 16.7 Å². The van der Waals surface area contributed by atoms with E-state index in [2.05, 4.69) is 0 Å². The van der Waals surface area contributed by atoms with Crippen molar-refractivity contribution in [2.75, 3.05) is 6.61 Å². The Balaban J connectivity index is 1.56. The van der Waals surface area contributed by atoms with E-state index in [1.54, 1.807) is 69.3 Å². The van der Waals surface area contributed by atoms with Crippen molar-refractivity contribution in [3.63, 3.8) is 0 Å². The summed E-state index contributed by atoms with van der Waals surface area (Å²) in [6.45, 7) is 11.0. The molecule has 3 N–H and O–H groups in total. The zero-order valence-electron chi connectivity index (χ0n) is 34.8. The summed E-state index contributed by atoms with van der Waals surface area (Å²) in [7, 11) is 0. The Morgan fingerprint density at radius 2 is 1.52 bits per heavy atom. The number of ether oxygens (including phenoxy) is 6. The number of carbonyl (C=O) groups is 6. The summed E-state index contributed by atoms with van der Waals surface area (Å²) in [5.41, 5.74) is -7.22. The molecule has 15 nitrogen and oxygen atoms in total. The van der Waals surface area contributed by atoms with Crippen LogP contribution < -0.4 is 0 Å². The van der Waals surface area contributed by atoms with Gasteiger partial charge in [0.05, 0.1) is 29.6 Å². The number of Topliss-reactive ketones (excluding diaryl/α,β-unsaturated/α-hetero) is 1. The molecule has 1 heterocycles. The Labute approximate surface area is 347 Å². The average Bonchev–Trinajstić information content (AvgIpc) is 3.20. The Kier molecular flexibility index (Phi) is 12.1. The second-order valence-corrected chi connectivity index (χ2v) is 16.8. The van der Waals surface area contributed by atoms with Crippen LogP contribution in [0.15, 0.2) is 83.5 Å². The van der Waals surface area contributed by atoms with Gasteiger partial charge >= 0.3 is 29.8 Å². The first-order chi connectivity index (χ1) is 28.1. The quantitative estimate of drug-likeness (QED) is 0.134. The zero-order chi connectivity index (χ0) is 44.1. The maximum absolute atomic E-state index is 15.4. The number of fused-ring (bicyclic) bond motifs is 5. The average molecular weight is 833 g/mol. The first kappa shape index (κ1) is 44.3. The molecule has 0 spiro atoms. The fraction of sp³-hybridized carbons (Fsp3) is 0.511. The summed E-state index contributed by atoms with van der Waals surface area (Å²) in [6, 6.07) is 15.8. The van der Waals surface area contributed by atoms with Crippen LogP contribution in [0.25, 0.3) is 0 Å². The molecule has 60 heavy (non-hydrogen) atoms. The molecule has 0 unspecified atom stereocenters. The van der Waals surface area contributed by atoms with Crippen LogP contribution >= 0.6 is 0 Å². The van der Waals surface area contributed by atoms with Crippen LogP contribution in [0.3, 0.4) is 0 Å². The van der Waals surface area contributed by atoms with E-state index >= 15 is 4.79 Å². The van der Waals surface area contributed by atoms with Crippen LogP contribution in [-0.4, -0.2) is 105 Å². The number of aliphatic hydroxyl groups excluding tert-OH is 2. The van der Waals surface area contributed by atoms with Crippen LogP contribution in [0.2, 0.25) is 0 Å². The number of rotatable bonds is 10. The molecule has 1 aliphatic heterocycles. The Morgan fingerprint density at radius 1 is 0.900 bits per heavy atom. The number of hydrogen-bond acceptors (Lipinski definition) is 15. The van der Waals surface area contributed by atoms with Gasteiger partial charge in [0, 0.05) is 37.7 Å². The van der Waals surface area contributed by atoms with Gasteiger partial charge in [0.2, 0.25) is 0 Å². The minimum atomic E-state index is -2.40. The van der Waals surface area contributed by atoms with Crippen LogP contribution in [-0.2, 0) is 52.4 Å². The molecule has 2 saturated carbocycles. The number of benzene rings is 2. The van der Waals surface area contributed by atoms with Gasteiger partial charge in [-0.05, 0) is 56.5 Å². The maximum atomic E-state index is 15.4. The minimum Gasteiger partial charge on any atom is -0.456 e. The third-order valence-electron chi connectivity index (χ3n) is 13.1. The second-order valence-electron chi connectivity index (χ2n) is 16.8. The standard InChI is InChI=1S/C45H52O15/c1-9-23(2)39(51)58-34(27-16-12-10-13-17-27)33(49)41(53)57-29-21-45(54)38(59-40(52)28-18-14-11-15-19-28)36-43(8,30(48)20-31-44(36,22-55-31)60-26(5)47)37(50)35(56-25(4)46)32(24(29)3)42(45,6)7/h9-19,29-31,33-36,38,48-49,54H,20-22H2,1-8H3/b23-9+/t29-,30+,31-,33-,34+,35-,36-,38-,43-,44-,45-/m1/s1.